The van der Waals surface area contributed by atoms with Crippen molar-refractivity contribution in [2.24, 2.45) is 0 Å². The molecule has 2 N–H and O–H groups in total. The molecular formula is C19H17FN6O2. The topological polar surface area (TPSA) is 102 Å². The van der Waals surface area contributed by atoms with Crippen molar-refractivity contribution < 1.29 is 14.0 Å². The van der Waals surface area contributed by atoms with E-state index in [0.29, 0.717) is 25.1 Å². The standard InChI is InChI=1S/C19H17FN6O2/c20-16-10-22-5-3-14(16)19(28)25-13-6-17-15(9-24-26(17)11-13)18(27)23-8-12-2-1-4-21-7-12/h1-5,7,9-10,13H,6,8,11H2,(H,23,27)(H,25,28)/t13-/m0/s1. The molecule has 4 heterocycles. The molecule has 0 fully saturated rings. The summed E-state index contributed by atoms with van der Waals surface area (Å²) in [6.07, 6.45) is 7.68. The van der Waals surface area contributed by atoms with Crippen LogP contribution in [0.3, 0.4) is 0 Å². The van der Waals surface area contributed by atoms with Gasteiger partial charge in [-0.25, -0.2) is 4.39 Å². The Morgan fingerprint density at radius 3 is 2.75 bits per heavy atom. The minimum absolute atomic E-state index is 0.0611. The zero-order valence-electron chi connectivity index (χ0n) is 14.8. The van der Waals surface area contributed by atoms with E-state index in [4.69, 9.17) is 0 Å². The number of rotatable bonds is 5. The first-order valence-corrected chi connectivity index (χ1v) is 8.74. The number of halogens is 1. The van der Waals surface area contributed by atoms with E-state index in [0.717, 1.165) is 17.5 Å². The summed E-state index contributed by atoms with van der Waals surface area (Å²) < 4.78 is 15.4. The Hall–Kier alpha value is -3.62. The van der Waals surface area contributed by atoms with Crippen LogP contribution >= 0.6 is 0 Å². The lowest BCUT2D eigenvalue weighted by Crippen LogP contribution is -2.36. The van der Waals surface area contributed by atoms with Crippen LogP contribution in [0, 0.1) is 5.82 Å². The fourth-order valence-electron chi connectivity index (χ4n) is 3.18. The molecular weight excluding hydrogens is 363 g/mol. The minimum Gasteiger partial charge on any atom is -0.348 e. The lowest BCUT2D eigenvalue weighted by atomic mass is 10.1. The first kappa shape index (κ1) is 17.8. The number of amides is 2. The van der Waals surface area contributed by atoms with Gasteiger partial charge in [-0.1, -0.05) is 6.07 Å². The van der Waals surface area contributed by atoms with Crippen molar-refractivity contribution in [3.8, 4) is 0 Å². The summed E-state index contributed by atoms with van der Waals surface area (Å²) in [6.45, 7) is 0.780. The zero-order valence-corrected chi connectivity index (χ0v) is 14.8. The fourth-order valence-corrected chi connectivity index (χ4v) is 3.18. The van der Waals surface area contributed by atoms with Crippen LogP contribution in [0.15, 0.2) is 49.2 Å². The monoisotopic (exact) mass is 380 g/mol. The average molecular weight is 380 g/mol. The van der Waals surface area contributed by atoms with E-state index >= 15 is 0 Å². The third-order valence-corrected chi connectivity index (χ3v) is 4.55. The number of hydrogen-bond donors (Lipinski definition) is 2. The van der Waals surface area contributed by atoms with Gasteiger partial charge in [-0.2, -0.15) is 5.10 Å². The van der Waals surface area contributed by atoms with E-state index in [9.17, 15) is 14.0 Å². The molecule has 1 aliphatic heterocycles. The summed E-state index contributed by atoms with van der Waals surface area (Å²) in [4.78, 5) is 32.4. The maximum absolute atomic E-state index is 13.7. The number of carbonyl (C=O) groups is 2. The Bertz CT molecular complexity index is 1020. The molecule has 9 heteroatoms. The van der Waals surface area contributed by atoms with Crippen LogP contribution in [-0.2, 0) is 19.5 Å². The third kappa shape index (κ3) is 3.59. The highest BCUT2D eigenvalue weighted by Crippen LogP contribution is 2.19. The molecule has 0 aromatic carbocycles. The highest BCUT2D eigenvalue weighted by molar-refractivity contribution is 5.96. The lowest BCUT2D eigenvalue weighted by Gasteiger charge is -2.12. The van der Waals surface area contributed by atoms with Crippen LogP contribution in [0.5, 0.6) is 0 Å². The van der Waals surface area contributed by atoms with E-state index < -0.39 is 11.7 Å². The van der Waals surface area contributed by atoms with Crippen LogP contribution in [0.2, 0.25) is 0 Å². The first-order chi connectivity index (χ1) is 13.6. The Labute approximate surface area is 159 Å². The SMILES string of the molecule is O=C(N[C@H]1Cc2c(C(=O)NCc3cccnc3)cnn2C1)c1ccncc1F. The van der Waals surface area contributed by atoms with Crippen LogP contribution in [0.4, 0.5) is 4.39 Å². The Morgan fingerprint density at radius 2 is 1.96 bits per heavy atom. The van der Waals surface area contributed by atoms with Gasteiger partial charge in [0.25, 0.3) is 11.8 Å². The molecule has 2 amide bonds. The summed E-state index contributed by atoms with van der Waals surface area (Å²) in [7, 11) is 0. The molecule has 28 heavy (non-hydrogen) atoms. The summed E-state index contributed by atoms with van der Waals surface area (Å²) in [6, 6.07) is 4.74. The average Bonchev–Trinajstić information content (AvgIpc) is 3.27. The molecule has 1 aliphatic rings. The maximum atomic E-state index is 13.7. The van der Waals surface area contributed by atoms with E-state index in [1.54, 1.807) is 23.1 Å². The number of fused-ring (bicyclic) bond motifs is 1. The summed E-state index contributed by atoms with van der Waals surface area (Å²) in [5.41, 5.74) is 2.04. The van der Waals surface area contributed by atoms with Crippen molar-refractivity contribution >= 4 is 11.8 Å². The van der Waals surface area contributed by atoms with E-state index in [1.807, 2.05) is 6.07 Å². The molecule has 3 aromatic heterocycles. The molecule has 0 unspecified atom stereocenters. The first-order valence-electron chi connectivity index (χ1n) is 8.74. The second kappa shape index (κ2) is 7.55. The normalized spacial score (nSPS) is 15.1. The largest absolute Gasteiger partial charge is 0.348 e. The van der Waals surface area contributed by atoms with Gasteiger partial charge in [0.15, 0.2) is 5.82 Å². The van der Waals surface area contributed by atoms with Crippen LogP contribution in [-0.4, -0.2) is 37.6 Å². The summed E-state index contributed by atoms with van der Waals surface area (Å²) >= 11 is 0. The van der Waals surface area contributed by atoms with Crippen molar-refractivity contribution in [3.63, 3.8) is 0 Å². The molecule has 0 bridgehead atoms. The van der Waals surface area contributed by atoms with Gasteiger partial charge in [0.1, 0.15) is 0 Å². The highest BCUT2D eigenvalue weighted by Gasteiger charge is 2.29. The number of nitrogens with one attached hydrogen (secondary N) is 2. The van der Waals surface area contributed by atoms with Gasteiger partial charge in [-0.05, 0) is 17.7 Å². The van der Waals surface area contributed by atoms with Gasteiger partial charge in [-0.15, -0.1) is 0 Å². The lowest BCUT2D eigenvalue weighted by molar-refractivity contribution is 0.0930. The number of nitrogens with zero attached hydrogens (tertiary/aromatic N) is 4. The van der Waals surface area contributed by atoms with E-state index in [1.165, 1.54) is 18.5 Å². The predicted molar refractivity (Wildman–Crippen MR) is 96.8 cm³/mol. The molecule has 4 rings (SSSR count). The van der Waals surface area contributed by atoms with Crippen molar-refractivity contribution in [2.45, 2.75) is 25.6 Å². The molecule has 1 atom stereocenters. The van der Waals surface area contributed by atoms with Gasteiger partial charge in [0.05, 0.1) is 41.8 Å². The van der Waals surface area contributed by atoms with Crippen molar-refractivity contribution in [2.75, 3.05) is 0 Å². The summed E-state index contributed by atoms with van der Waals surface area (Å²) in [5, 5.41) is 9.86. The predicted octanol–water partition coefficient (Wildman–Crippen LogP) is 1.10. The van der Waals surface area contributed by atoms with Crippen LogP contribution < -0.4 is 10.6 Å². The molecule has 0 spiro atoms. The highest BCUT2D eigenvalue weighted by atomic mass is 19.1. The number of aromatic nitrogens is 4. The Morgan fingerprint density at radius 1 is 1.11 bits per heavy atom. The zero-order chi connectivity index (χ0) is 19.5. The Balaban J connectivity index is 1.39. The van der Waals surface area contributed by atoms with Gasteiger partial charge in [-0.3, -0.25) is 24.2 Å². The van der Waals surface area contributed by atoms with E-state index in [-0.39, 0.29) is 17.5 Å². The van der Waals surface area contributed by atoms with Gasteiger partial charge >= 0.3 is 0 Å². The second-order valence-corrected chi connectivity index (χ2v) is 6.46. The molecule has 8 nitrogen and oxygen atoms in total. The molecule has 3 aromatic rings. The molecule has 0 saturated carbocycles. The van der Waals surface area contributed by atoms with E-state index in [2.05, 4.69) is 25.7 Å². The van der Waals surface area contributed by atoms with Gasteiger partial charge < -0.3 is 10.6 Å². The van der Waals surface area contributed by atoms with Crippen LogP contribution in [0.1, 0.15) is 32.0 Å². The quantitative estimate of drug-likeness (QED) is 0.690. The second-order valence-electron chi connectivity index (χ2n) is 6.46. The van der Waals surface area contributed by atoms with Crippen molar-refractivity contribution in [1.82, 2.24) is 30.4 Å². The third-order valence-electron chi connectivity index (χ3n) is 4.55. The number of carbonyl (C=O) groups excluding carboxylic acids is 2. The fraction of sp³-hybridized carbons (Fsp3) is 0.211. The van der Waals surface area contributed by atoms with Crippen molar-refractivity contribution in [1.29, 1.82) is 0 Å². The molecule has 142 valence electrons. The molecule has 0 saturated heterocycles. The maximum Gasteiger partial charge on any atom is 0.255 e. The molecule has 0 radical (unpaired) electrons. The number of pyridine rings is 2. The van der Waals surface area contributed by atoms with Crippen molar-refractivity contribution in [3.05, 3.63) is 77.4 Å². The minimum atomic E-state index is -0.675. The summed E-state index contributed by atoms with van der Waals surface area (Å²) in [5.74, 6) is -1.43. The van der Waals surface area contributed by atoms with Crippen LogP contribution in [0.25, 0.3) is 0 Å². The smallest absolute Gasteiger partial charge is 0.255 e. The van der Waals surface area contributed by atoms with Gasteiger partial charge in [0.2, 0.25) is 0 Å². The molecule has 0 aliphatic carbocycles. The number of hydrogen-bond acceptors (Lipinski definition) is 5. The van der Waals surface area contributed by atoms with Gasteiger partial charge in [0, 0.05) is 31.6 Å². The Kier molecular flexibility index (Phi) is 4.79.